The van der Waals surface area contributed by atoms with Gasteiger partial charge in [-0.15, -0.1) is 11.3 Å². The quantitative estimate of drug-likeness (QED) is 0.542. The highest BCUT2D eigenvalue weighted by Gasteiger charge is 2.17. The summed E-state index contributed by atoms with van der Waals surface area (Å²) in [4.78, 5) is 33.9. The fourth-order valence-corrected chi connectivity index (χ4v) is 4.35. The molecule has 148 valence electrons. The molecule has 2 N–H and O–H groups in total. The van der Waals surface area contributed by atoms with Gasteiger partial charge >= 0.3 is 5.69 Å². The Hall–Kier alpha value is -3.20. The second-order valence-corrected chi connectivity index (χ2v) is 8.11. The molecule has 5 rings (SSSR count). The van der Waals surface area contributed by atoms with Crippen LogP contribution in [-0.4, -0.2) is 30.2 Å². The Bertz CT molecular complexity index is 1230. The van der Waals surface area contributed by atoms with Gasteiger partial charge in [0.05, 0.1) is 15.9 Å². The van der Waals surface area contributed by atoms with E-state index in [1.165, 1.54) is 4.68 Å². The second kappa shape index (κ2) is 7.32. The largest absolute Gasteiger partial charge is 0.346 e. The third kappa shape index (κ3) is 3.49. The molecule has 1 aliphatic heterocycles. The summed E-state index contributed by atoms with van der Waals surface area (Å²) < 4.78 is 2.96. The smallest absolute Gasteiger partial charge is 0.337 e. The average molecular weight is 408 g/mol. The van der Waals surface area contributed by atoms with Crippen LogP contribution < -0.4 is 11.0 Å². The number of benzene rings is 1. The zero-order valence-electron chi connectivity index (χ0n) is 15.7. The lowest BCUT2D eigenvalue weighted by atomic mass is 10.2. The zero-order chi connectivity index (χ0) is 19.8. The molecule has 0 atom stereocenters. The summed E-state index contributed by atoms with van der Waals surface area (Å²) in [6, 6.07) is 9.52. The minimum absolute atomic E-state index is 0.0969. The normalized spacial score (nSPS) is 13.9. The van der Waals surface area contributed by atoms with Gasteiger partial charge in [-0.05, 0) is 42.5 Å². The van der Waals surface area contributed by atoms with Gasteiger partial charge in [0.25, 0.3) is 0 Å². The fourth-order valence-electron chi connectivity index (χ4n) is 3.68. The van der Waals surface area contributed by atoms with Crippen molar-refractivity contribution in [3.05, 3.63) is 52.0 Å². The van der Waals surface area contributed by atoms with Crippen LogP contribution in [0.3, 0.4) is 0 Å². The lowest BCUT2D eigenvalue weighted by Gasteiger charge is -2.05. The highest BCUT2D eigenvalue weighted by Crippen LogP contribution is 2.26. The van der Waals surface area contributed by atoms with Gasteiger partial charge in [0, 0.05) is 18.7 Å². The lowest BCUT2D eigenvalue weighted by molar-refractivity contribution is -0.117. The third-order valence-electron chi connectivity index (χ3n) is 5.10. The molecule has 0 unspecified atom stereocenters. The second-order valence-electron chi connectivity index (χ2n) is 7.16. The van der Waals surface area contributed by atoms with Gasteiger partial charge in [-0.2, -0.15) is 5.10 Å². The van der Waals surface area contributed by atoms with E-state index < -0.39 is 0 Å². The van der Waals surface area contributed by atoms with E-state index >= 15 is 0 Å². The number of carbonyl (C=O) groups is 1. The summed E-state index contributed by atoms with van der Waals surface area (Å²) in [7, 11) is 0. The topological polar surface area (TPSA) is 97.6 Å². The summed E-state index contributed by atoms with van der Waals surface area (Å²) in [6.07, 6.45) is 3.89. The standard InChI is InChI=1S/C20H20N6O2S/c27-18(12-26-20(28)25-9-3-1-2-6-17(25)24-26)21-13-7-8-14-15(11-13)23-19(22-14)16-5-4-10-29-16/h4-5,7-8,10-11H,1-3,6,9,12H2,(H,21,27)(H,22,23). The predicted molar refractivity (Wildman–Crippen MR) is 112 cm³/mol. The molecule has 1 amide bonds. The Labute approximate surface area is 170 Å². The Morgan fingerprint density at radius 3 is 3.03 bits per heavy atom. The number of nitrogens with zero attached hydrogens (tertiary/aromatic N) is 4. The van der Waals surface area contributed by atoms with E-state index in [0.29, 0.717) is 12.2 Å². The van der Waals surface area contributed by atoms with Crippen molar-refractivity contribution >= 4 is 34.0 Å². The molecule has 4 aromatic rings. The van der Waals surface area contributed by atoms with Gasteiger partial charge in [-0.25, -0.2) is 14.5 Å². The predicted octanol–water partition coefficient (Wildman–Crippen LogP) is 3.01. The number of hydrogen-bond acceptors (Lipinski definition) is 5. The number of thiophene rings is 1. The molecule has 0 saturated carbocycles. The van der Waals surface area contributed by atoms with E-state index in [-0.39, 0.29) is 18.1 Å². The number of rotatable bonds is 4. The van der Waals surface area contributed by atoms with Gasteiger partial charge in [0.15, 0.2) is 0 Å². The molecular formula is C20H20N6O2S. The van der Waals surface area contributed by atoms with Gasteiger partial charge in [0.1, 0.15) is 18.2 Å². The molecule has 8 nitrogen and oxygen atoms in total. The SMILES string of the molecule is O=C(Cn1nc2n(c1=O)CCCCC2)Nc1ccc2nc(-c3cccs3)[nH]c2c1. The van der Waals surface area contributed by atoms with E-state index in [1.807, 2.05) is 35.7 Å². The number of aromatic nitrogens is 5. The first kappa shape index (κ1) is 17.9. The van der Waals surface area contributed by atoms with Crippen molar-refractivity contribution in [1.29, 1.82) is 0 Å². The number of amides is 1. The van der Waals surface area contributed by atoms with Crippen molar-refractivity contribution in [1.82, 2.24) is 24.3 Å². The Morgan fingerprint density at radius 1 is 1.24 bits per heavy atom. The van der Waals surface area contributed by atoms with E-state index in [0.717, 1.165) is 53.2 Å². The van der Waals surface area contributed by atoms with Crippen LogP contribution in [0.25, 0.3) is 21.7 Å². The molecule has 0 radical (unpaired) electrons. The van der Waals surface area contributed by atoms with Crippen molar-refractivity contribution < 1.29 is 4.79 Å². The third-order valence-corrected chi connectivity index (χ3v) is 5.97. The number of aryl methyl sites for hydroxylation is 1. The fraction of sp³-hybridized carbons (Fsp3) is 0.300. The number of carbonyl (C=O) groups excluding carboxylic acids is 1. The van der Waals surface area contributed by atoms with Crippen LogP contribution in [0.2, 0.25) is 0 Å². The molecule has 1 aromatic carbocycles. The van der Waals surface area contributed by atoms with Crippen molar-refractivity contribution in [2.45, 2.75) is 38.8 Å². The summed E-state index contributed by atoms with van der Waals surface area (Å²) in [5, 5.41) is 9.22. The molecule has 1 aliphatic rings. The summed E-state index contributed by atoms with van der Waals surface area (Å²) in [5.41, 5.74) is 2.12. The van der Waals surface area contributed by atoms with Crippen molar-refractivity contribution in [3.63, 3.8) is 0 Å². The number of anilines is 1. The number of H-pyrrole nitrogens is 1. The molecule has 0 aliphatic carbocycles. The van der Waals surface area contributed by atoms with E-state index in [2.05, 4.69) is 20.4 Å². The molecule has 9 heteroatoms. The van der Waals surface area contributed by atoms with Gasteiger partial charge in [0.2, 0.25) is 5.91 Å². The van der Waals surface area contributed by atoms with Crippen molar-refractivity contribution in [2.24, 2.45) is 0 Å². The average Bonchev–Trinajstić information content (AvgIpc) is 3.39. The van der Waals surface area contributed by atoms with Crippen LogP contribution in [0.5, 0.6) is 0 Å². The number of imidazole rings is 1. The molecule has 3 aromatic heterocycles. The van der Waals surface area contributed by atoms with E-state index in [1.54, 1.807) is 15.9 Å². The van der Waals surface area contributed by atoms with Gasteiger partial charge in [-0.3, -0.25) is 9.36 Å². The highest BCUT2D eigenvalue weighted by atomic mass is 32.1. The van der Waals surface area contributed by atoms with Crippen LogP contribution in [0, 0.1) is 0 Å². The van der Waals surface area contributed by atoms with Gasteiger partial charge < -0.3 is 10.3 Å². The summed E-state index contributed by atoms with van der Waals surface area (Å²) >= 11 is 1.62. The molecule has 0 fully saturated rings. The number of fused-ring (bicyclic) bond motifs is 2. The van der Waals surface area contributed by atoms with Gasteiger partial charge in [-0.1, -0.05) is 12.5 Å². The first-order chi connectivity index (χ1) is 14.2. The van der Waals surface area contributed by atoms with Crippen LogP contribution in [-0.2, 0) is 24.3 Å². The Kier molecular flexibility index (Phi) is 4.51. The van der Waals surface area contributed by atoms with Crippen LogP contribution >= 0.6 is 11.3 Å². The molecule has 0 saturated heterocycles. The van der Waals surface area contributed by atoms with E-state index in [4.69, 9.17) is 0 Å². The first-order valence-electron chi connectivity index (χ1n) is 9.67. The van der Waals surface area contributed by atoms with Crippen LogP contribution in [0.4, 0.5) is 5.69 Å². The van der Waals surface area contributed by atoms with Crippen molar-refractivity contribution in [2.75, 3.05) is 5.32 Å². The highest BCUT2D eigenvalue weighted by molar-refractivity contribution is 7.13. The minimum atomic E-state index is -0.280. The number of hydrogen-bond donors (Lipinski definition) is 2. The molecule has 4 heterocycles. The Balaban J connectivity index is 1.33. The maximum absolute atomic E-state index is 12.5. The molecule has 0 bridgehead atoms. The monoisotopic (exact) mass is 408 g/mol. The first-order valence-corrected chi connectivity index (χ1v) is 10.6. The molecular weight excluding hydrogens is 388 g/mol. The maximum atomic E-state index is 12.5. The molecule has 0 spiro atoms. The minimum Gasteiger partial charge on any atom is -0.337 e. The summed E-state index contributed by atoms with van der Waals surface area (Å²) in [6.45, 7) is 0.582. The summed E-state index contributed by atoms with van der Waals surface area (Å²) in [5.74, 6) is 1.31. The van der Waals surface area contributed by atoms with Crippen LogP contribution in [0.1, 0.15) is 25.1 Å². The number of nitrogens with one attached hydrogen (secondary N) is 2. The number of aromatic amines is 1. The maximum Gasteiger partial charge on any atom is 0.346 e. The van der Waals surface area contributed by atoms with E-state index in [9.17, 15) is 9.59 Å². The molecule has 29 heavy (non-hydrogen) atoms. The van der Waals surface area contributed by atoms with Crippen LogP contribution in [0.15, 0.2) is 40.5 Å². The van der Waals surface area contributed by atoms with Crippen molar-refractivity contribution in [3.8, 4) is 10.7 Å². The zero-order valence-corrected chi connectivity index (χ0v) is 16.5. The lowest BCUT2D eigenvalue weighted by Crippen LogP contribution is -2.30. The Morgan fingerprint density at radius 2 is 2.17 bits per heavy atom.